The van der Waals surface area contributed by atoms with Crippen molar-refractivity contribution in [3.05, 3.63) is 66.3 Å². The topological polar surface area (TPSA) is 32.3 Å². The Bertz CT molecular complexity index is 1120. The lowest BCUT2D eigenvalue weighted by Gasteiger charge is -2.17. The predicted molar refractivity (Wildman–Crippen MR) is 108 cm³/mol. The van der Waals surface area contributed by atoms with E-state index in [1.807, 2.05) is 52.7 Å². The van der Waals surface area contributed by atoms with E-state index in [1.165, 1.54) is 5.56 Å². The number of hydrogen-bond acceptors (Lipinski definition) is 3. The van der Waals surface area contributed by atoms with Gasteiger partial charge in [0.05, 0.1) is 6.07 Å². The lowest BCUT2D eigenvalue weighted by molar-refractivity contribution is 0.617. The monoisotopic (exact) mass is 344 g/mol. The smallest absolute Gasteiger partial charge is 0.203 e. The first-order valence-electron chi connectivity index (χ1n) is 8.63. The Kier molecular flexibility index (Phi) is 3.96. The fourth-order valence-corrected chi connectivity index (χ4v) is 3.25. The second-order valence-corrected chi connectivity index (χ2v) is 6.86. The molecule has 4 heteroatoms. The van der Waals surface area contributed by atoms with E-state index in [4.69, 9.17) is 4.42 Å². The summed E-state index contributed by atoms with van der Waals surface area (Å²) >= 11 is 0. The molecule has 1 aromatic carbocycles. The molecule has 1 aliphatic carbocycles. The molecule has 0 radical (unpaired) electrons. The average molecular weight is 344 g/mol. The van der Waals surface area contributed by atoms with E-state index in [2.05, 4.69) is 50.9 Å². The summed E-state index contributed by atoms with van der Waals surface area (Å²) < 4.78 is 8.41. The molecule has 1 aromatic heterocycles. The van der Waals surface area contributed by atoms with Crippen molar-refractivity contribution >= 4 is 16.7 Å². The third-order valence-corrected chi connectivity index (χ3v) is 4.69. The van der Waals surface area contributed by atoms with Crippen molar-refractivity contribution in [3.63, 3.8) is 0 Å². The molecule has 2 aromatic rings. The number of pyridine rings is 1. The summed E-state index contributed by atoms with van der Waals surface area (Å²) in [5.74, 6) is 0.881. The summed E-state index contributed by atoms with van der Waals surface area (Å²) in [4.78, 5) is 6.25. The third-order valence-electron chi connectivity index (χ3n) is 4.69. The van der Waals surface area contributed by atoms with Crippen LogP contribution in [0.3, 0.4) is 0 Å². The highest BCUT2D eigenvalue weighted by Gasteiger charge is 2.18. The lowest BCUT2D eigenvalue weighted by Crippen LogP contribution is -2.21. The molecule has 4 nitrogen and oxygen atoms in total. The molecule has 1 aliphatic heterocycles. The summed E-state index contributed by atoms with van der Waals surface area (Å²) in [6, 6.07) is 16.8. The Morgan fingerprint density at radius 3 is 2.38 bits per heavy atom. The summed E-state index contributed by atoms with van der Waals surface area (Å²) in [5, 5.41) is 2.22. The summed E-state index contributed by atoms with van der Waals surface area (Å²) in [6.07, 6.45) is 3.67. The maximum atomic E-state index is 6.32. The van der Waals surface area contributed by atoms with Crippen LogP contribution in [0.2, 0.25) is 0 Å². The molecule has 0 N–H and O–H groups in total. The van der Waals surface area contributed by atoms with Crippen molar-refractivity contribution in [2.24, 2.45) is 0 Å². The molecule has 0 amide bonds. The van der Waals surface area contributed by atoms with Crippen LogP contribution in [0.1, 0.15) is 0 Å². The van der Waals surface area contributed by atoms with Gasteiger partial charge >= 0.3 is 0 Å². The SMILES string of the molecule is CN(C)c1ccc2c(-c3ccncc3)c3ccc(=[N+](C)C)cc-3oc2c1. The summed E-state index contributed by atoms with van der Waals surface area (Å²) in [6.45, 7) is 0. The molecule has 130 valence electrons. The highest BCUT2D eigenvalue weighted by Crippen LogP contribution is 2.40. The van der Waals surface area contributed by atoms with Crippen LogP contribution in [0.5, 0.6) is 0 Å². The first kappa shape index (κ1) is 16.3. The van der Waals surface area contributed by atoms with Crippen molar-refractivity contribution in [1.29, 1.82) is 0 Å². The van der Waals surface area contributed by atoms with E-state index in [9.17, 15) is 0 Å². The molecule has 0 bridgehead atoms. The minimum absolute atomic E-state index is 0.881. The summed E-state index contributed by atoms with van der Waals surface area (Å²) in [5.41, 5.74) is 5.42. The van der Waals surface area contributed by atoms with Crippen molar-refractivity contribution in [3.8, 4) is 22.5 Å². The van der Waals surface area contributed by atoms with Crippen molar-refractivity contribution < 1.29 is 4.42 Å². The highest BCUT2D eigenvalue weighted by atomic mass is 16.3. The number of rotatable bonds is 2. The number of aromatic nitrogens is 1. The van der Waals surface area contributed by atoms with Gasteiger partial charge in [0.2, 0.25) is 5.36 Å². The number of hydrogen-bond donors (Lipinski definition) is 0. The quantitative estimate of drug-likeness (QED) is 0.411. The predicted octanol–water partition coefficient (Wildman–Crippen LogP) is 3.70. The van der Waals surface area contributed by atoms with E-state index in [-0.39, 0.29) is 0 Å². The van der Waals surface area contributed by atoms with Gasteiger partial charge in [-0.2, -0.15) is 0 Å². The Balaban J connectivity index is 2.15. The van der Waals surface area contributed by atoms with Crippen LogP contribution in [0.15, 0.2) is 65.3 Å². The maximum absolute atomic E-state index is 6.32. The number of fused-ring (bicyclic) bond motifs is 2. The fourth-order valence-electron chi connectivity index (χ4n) is 3.25. The van der Waals surface area contributed by atoms with Gasteiger partial charge in [0.25, 0.3) is 0 Å². The van der Waals surface area contributed by atoms with E-state index >= 15 is 0 Å². The lowest BCUT2D eigenvalue weighted by atomic mass is 9.94. The molecule has 0 saturated carbocycles. The Labute approximate surface area is 153 Å². The molecule has 0 unspecified atom stereocenters. The first-order chi connectivity index (χ1) is 12.5. The molecule has 2 aliphatic rings. The standard InChI is InChI=1S/C22H22N3O/c1-24(2)16-5-7-18-20(13-16)26-21-14-17(25(3)4)6-8-19(21)22(18)15-9-11-23-12-10-15/h5-14H,1-4H3/q+1. The van der Waals surface area contributed by atoms with E-state index in [0.29, 0.717) is 0 Å². The molecule has 0 atom stereocenters. The second-order valence-electron chi connectivity index (χ2n) is 6.86. The molecular weight excluding hydrogens is 322 g/mol. The van der Waals surface area contributed by atoms with Crippen LogP contribution >= 0.6 is 0 Å². The van der Waals surface area contributed by atoms with Gasteiger partial charge in [0, 0.05) is 60.8 Å². The first-order valence-corrected chi connectivity index (χ1v) is 8.63. The van der Waals surface area contributed by atoms with Gasteiger partial charge in [-0.3, -0.25) is 4.98 Å². The van der Waals surface area contributed by atoms with E-state index < -0.39 is 0 Å². The van der Waals surface area contributed by atoms with Crippen LogP contribution in [0.4, 0.5) is 5.69 Å². The number of anilines is 1. The van der Waals surface area contributed by atoms with Crippen LogP contribution in [-0.4, -0.2) is 33.2 Å². The van der Waals surface area contributed by atoms with E-state index in [1.54, 1.807) is 0 Å². The molecule has 0 spiro atoms. The molecule has 2 heterocycles. The van der Waals surface area contributed by atoms with E-state index in [0.717, 1.165) is 38.9 Å². The zero-order valence-electron chi connectivity index (χ0n) is 15.5. The van der Waals surface area contributed by atoms with Crippen LogP contribution in [0, 0.1) is 0 Å². The van der Waals surface area contributed by atoms with Crippen LogP contribution in [-0.2, 0) is 0 Å². The highest BCUT2D eigenvalue weighted by molar-refractivity contribution is 6.02. The Morgan fingerprint density at radius 1 is 0.923 bits per heavy atom. The zero-order valence-corrected chi connectivity index (χ0v) is 15.5. The van der Waals surface area contributed by atoms with Gasteiger partial charge in [-0.05, 0) is 35.9 Å². The van der Waals surface area contributed by atoms with Gasteiger partial charge in [-0.15, -0.1) is 0 Å². The molecule has 0 fully saturated rings. The van der Waals surface area contributed by atoms with Gasteiger partial charge in [0.15, 0.2) is 0 Å². The van der Waals surface area contributed by atoms with Crippen molar-refractivity contribution in [2.45, 2.75) is 0 Å². The van der Waals surface area contributed by atoms with Gasteiger partial charge in [0.1, 0.15) is 25.4 Å². The number of benzene rings is 2. The van der Waals surface area contributed by atoms with Crippen LogP contribution in [0.25, 0.3) is 33.4 Å². The minimum atomic E-state index is 0.881. The molecular formula is C22H22N3O+. The third kappa shape index (κ3) is 2.73. The average Bonchev–Trinajstić information content (AvgIpc) is 2.65. The molecule has 4 rings (SSSR count). The Morgan fingerprint density at radius 2 is 1.69 bits per heavy atom. The summed E-state index contributed by atoms with van der Waals surface area (Å²) in [7, 11) is 8.15. The zero-order chi connectivity index (χ0) is 18.3. The minimum Gasteiger partial charge on any atom is -0.456 e. The second kappa shape index (κ2) is 6.30. The molecule has 26 heavy (non-hydrogen) atoms. The molecule has 0 saturated heterocycles. The van der Waals surface area contributed by atoms with Gasteiger partial charge in [-0.25, -0.2) is 4.58 Å². The van der Waals surface area contributed by atoms with Crippen molar-refractivity contribution in [1.82, 2.24) is 9.56 Å². The van der Waals surface area contributed by atoms with Crippen LogP contribution < -0.4 is 14.8 Å². The number of nitrogens with zero attached hydrogens (tertiary/aromatic N) is 3. The maximum Gasteiger partial charge on any atom is 0.203 e. The van der Waals surface area contributed by atoms with Gasteiger partial charge in [-0.1, -0.05) is 0 Å². The normalized spacial score (nSPS) is 11.1. The fraction of sp³-hybridized carbons (Fsp3) is 0.182. The van der Waals surface area contributed by atoms with Crippen molar-refractivity contribution in [2.75, 3.05) is 33.1 Å². The largest absolute Gasteiger partial charge is 0.456 e. The van der Waals surface area contributed by atoms with Gasteiger partial charge < -0.3 is 9.32 Å². The Hall–Kier alpha value is -3.14.